The predicted molar refractivity (Wildman–Crippen MR) is 25.6 cm³/mol. The molecule has 0 amide bonds. The van der Waals surface area contributed by atoms with Gasteiger partial charge in [-0.2, -0.15) is 0 Å². The van der Waals surface area contributed by atoms with E-state index in [2.05, 4.69) is 0 Å². The molecule has 0 bridgehead atoms. The average Bonchev–Trinajstić information content (AvgIpc) is 1.35. The molecule has 1 nitrogen and oxygen atoms in total. The monoisotopic (exact) mass is 192 g/mol. The molecule has 0 aromatic carbocycles. The first-order valence-corrected chi connectivity index (χ1v) is 2.26. The van der Waals surface area contributed by atoms with Crippen molar-refractivity contribution >= 4 is 5.78 Å². The Hall–Kier alpha value is 0.332. The van der Waals surface area contributed by atoms with Crippen LogP contribution >= 0.6 is 0 Å². The fourth-order valence-electron chi connectivity index (χ4n) is 0.352. The summed E-state index contributed by atoms with van der Waals surface area (Å²) in [6, 6.07) is 0. The summed E-state index contributed by atoms with van der Waals surface area (Å²) in [5, 5.41) is 0. The third kappa shape index (κ3) is 10.7. The fraction of sp³-hybridized carbons (Fsp3) is 0.800. The molecule has 0 aromatic heterocycles. The van der Waals surface area contributed by atoms with E-state index in [0.717, 1.165) is 12.8 Å². The largest absolute Gasteiger partial charge is 0.300 e. The summed E-state index contributed by atoms with van der Waals surface area (Å²) in [6.45, 7) is 3.62. The molecule has 0 saturated heterocycles. The standard InChI is InChI=1S/C5H10O.Pd/c1-3-4-5(2)6;/h3-4H2,1-2H3;. The number of carbonyl (C=O) groups is 1. The van der Waals surface area contributed by atoms with Crippen molar-refractivity contribution in [2.45, 2.75) is 26.7 Å². The average molecular weight is 193 g/mol. The van der Waals surface area contributed by atoms with Crippen LogP contribution in [0.3, 0.4) is 0 Å². The van der Waals surface area contributed by atoms with E-state index >= 15 is 0 Å². The molecule has 2 heteroatoms. The Morgan fingerprint density at radius 3 is 2.00 bits per heavy atom. The van der Waals surface area contributed by atoms with Crippen molar-refractivity contribution in [3.05, 3.63) is 0 Å². The molecule has 46 valence electrons. The third-order valence-electron chi connectivity index (χ3n) is 0.602. The second-order valence-electron chi connectivity index (χ2n) is 1.45. The maximum absolute atomic E-state index is 10.0. The van der Waals surface area contributed by atoms with E-state index in [9.17, 15) is 4.79 Å². The zero-order valence-corrected chi connectivity index (χ0v) is 6.19. The first kappa shape index (κ1) is 10.3. The smallest absolute Gasteiger partial charge is 0.129 e. The summed E-state index contributed by atoms with van der Waals surface area (Å²) >= 11 is 0. The van der Waals surface area contributed by atoms with E-state index in [4.69, 9.17) is 0 Å². The van der Waals surface area contributed by atoms with E-state index in [1.807, 2.05) is 6.92 Å². The summed E-state index contributed by atoms with van der Waals surface area (Å²) in [6.07, 6.45) is 1.72. The number of carbonyl (C=O) groups excluding carboxylic acids is 1. The summed E-state index contributed by atoms with van der Waals surface area (Å²) in [4.78, 5) is 10.0. The van der Waals surface area contributed by atoms with Crippen LogP contribution in [0.2, 0.25) is 0 Å². The minimum Gasteiger partial charge on any atom is -0.300 e. The van der Waals surface area contributed by atoms with Crippen LogP contribution in [0.1, 0.15) is 26.7 Å². The van der Waals surface area contributed by atoms with Gasteiger partial charge in [0.15, 0.2) is 0 Å². The van der Waals surface area contributed by atoms with Gasteiger partial charge in [-0.1, -0.05) is 6.92 Å². The molecule has 0 N–H and O–H groups in total. The number of Topliss-reactive ketones (excluding diaryl/α,β-unsaturated/α-hetero) is 1. The van der Waals surface area contributed by atoms with Crippen molar-refractivity contribution in [2.75, 3.05) is 0 Å². The molecule has 0 aliphatic carbocycles. The van der Waals surface area contributed by atoms with Gasteiger partial charge in [0.05, 0.1) is 0 Å². The Morgan fingerprint density at radius 1 is 1.57 bits per heavy atom. The normalized spacial score (nSPS) is 7.14. The minimum atomic E-state index is 0. The van der Waals surface area contributed by atoms with Gasteiger partial charge in [-0.25, -0.2) is 0 Å². The van der Waals surface area contributed by atoms with Gasteiger partial charge in [0.25, 0.3) is 0 Å². The molecule has 0 radical (unpaired) electrons. The van der Waals surface area contributed by atoms with Gasteiger partial charge in [-0.3, -0.25) is 0 Å². The first-order valence-electron chi connectivity index (χ1n) is 2.26. The minimum absolute atomic E-state index is 0. The molecular weight excluding hydrogens is 182 g/mol. The van der Waals surface area contributed by atoms with Crippen molar-refractivity contribution in [3.63, 3.8) is 0 Å². The molecule has 0 spiro atoms. The summed E-state index contributed by atoms with van der Waals surface area (Å²) in [5.74, 6) is 0.289. The van der Waals surface area contributed by atoms with Crippen molar-refractivity contribution < 1.29 is 25.2 Å². The van der Waals surface area contributed by atoms with E-state index in [1.165, 1.54) is 0 Å². The van der Waals surface area contributed by atoms with Crippen molar-refractivity contribution in [1.29, 1.82) is 0 Å². The van der Waals surface area contributed by atoms with Crippen LogP contribution in [0.15, 0.2) is 0 Å². The SMILES string of the molecule is CCCC(C)=O.[Pd]. The zero-order chi connectivity index (χ0) is 4.99. The Morgan fingerprint density at radius 2 is 2.00 bits per heavy atom. The number of hydrogen-bond donors (Lipinski definition) is 0. The third-order valence-corrected chi connectivity index (χ3v) is 0.602. The zero-order valence-electron chi connectivity index (χ0n) is 4.64. The van der Waals surface area contributed by atoms with Gasteiger partial charge < -0.3 is 4.79 Å². The first-order chi connectivity index (χ1) is 2.77. The molecule has 0 atom stereocenters. The maximum Gasteiger partial charge on any atom is 0.129 e. The Balaban J connectivity index is 0. The topological polar surface area (TPSA) is 17.1 Å². The molecule has 0 fully saturated rings. The summed E-state index contributed by atoms with van der Waals surface area (Å²) in [7, 11) is 0. The maximum atomic E-state index is 10.0. The van der Waals surface area contributed by atoms with E-state index in [1.54, 1.807) is 6.92 Å². The van der Waals surface area contributed by atoms with Gasteiger partial charge in [-0.05, 0) is 13.3 Å². The van der Waals surface area contributed by atoms with Crippen LogP contribution in [0, 0.1) is 0 Å². The van der Waals surface area contributed by atoms with E-state index in [-0.39, 0.29) is 26.2 Å². The molecule has 0 saturated carbocycles. The predicted octanol–water partition coefficient (Wildman–Crippen LogP) is 1.37. The molecule has 7 heavy (non-hydrogen) atoms. The molecule has 0 aliphatic rings. The number of ketones is 1. The van der Waals surface area contributed by atoms with Crippen molar-refractivity contribution in [1.82, 2.24) is 0 Å². The van der Waals surface area contributed by atoms with Crippen LogP contribution < -0.4 is 0 Å². The van der Waals surface area contributed by atoms with Gasteiger partial charge in [0.2, 0.25) is 0 Å². The summed E-state index contributed by atoms with van der Waals surface area (Å²) < 4.78 is 0. The van der Waals surface area contributed by atoms with E-state index < -0.39 is 0 Å². The van der Waals surface area contributed by atoms with Crippen LogP contribution in [0.5, 0.6) is 0 Å². The Labute approximate surface area is 58.1 Å². The molecule has 0 aliphatic heterocycles. The molecule has 0 unspecified atom stereocenters. The fourth-order valence-corrected chi connectivity index (χ4v) is 0.352. The number of hydrogen-bond acceptors (Lipinski definition) is 1. The van der Waals surface area contributed by atoms with Crippen LogP contribution in [0.4, 0.5) is 0 Å². The van der Waals surface area contributed by atoms with Gasteiger partial charge in [0.1, 0.15) is 5.78 Å². The molecule has 0 rings (SSSR count). The Kier molecular flexibility index (Phi) is 9.35. The van der Waals surface area contributed by atoms with Crippen molar-refractivity contribution in [3.8, 4) is 0 Å². The van der Waals surface area contributed by atoms with Crippen LogP contribution in [-0.2, 0) is 25.2 Å². The van der Waals surface area contributed by atoms with Crippen LogP contribution in [-0.4, -0.2) is 5.78 Å². The molecule has 0 aromatic rings. The quantitative estimate of drug-likeness (QED) is 0.604. The van der Waals surface area contributed by atoms with Crippen LogP contribution in [0.25, 0.3) is 0 Å². The van der Waals surface area contributed by atoms with E-state index in [0.29, 0.717) is 0 Å². The Bertz CT molecular complexity index is 52.0. The summed E-state index contributed by atoms with van der Waals surface area (Å²) in [5.41, 5.74) is 0. The second-order valence-corrected chi connectivity index (χ2v) is 1.45. The van der Waals surface area contributed by atoms with Gasteiger partial charge in [0, 0.05) is 26.8 Å². The van der Waals surface area contributed by atoms with Gasteiger partial charge >= 0.3 is 0 Å². The number of rotatable bonds is 2. The molecule has 0 heterocycles. The van der Waals surface area contributed by atoms with Gasteiger partial charge in [-0.15, -0.1) is 0 Å². The second kappa shape index (κ2) is 6.33. The molecular formula is C5H10OPd. The van der Waals surface area contributed by atoms with Crippen molar-refractivity contribution in [2.24, 2.45) is 0 Å².